The highest BCUT2D eigenvalue weighted by molar-refractivity contribution is 6.21. The fourth-order valence-corrected chi connectivity index (χ4v) is 3.45. The lowest BCUT2D eigenvalue weighted by atomic mass is 10.1. The van der Waals surface area contributed by atoms with Gasteiger partial charge in [0, 0.05) is 13.0 Å². The number of carbonyl (C=O) groups excluding carboxylic acids is 4. The lowest BCUT2D eigenvalue weighted by Crippen LogP contribution is -2.30. The SMILES string of the molecule is COC(=O)c1c(C)oc(NC(=O)CCCCCN2C(=O)c3ccccc3C2=O)c1C#N. The maximum Gasteiger partial charge on any atom is 0.342 e. The van der Waals surface area contributed by atoms with E-state index in [-0.39, 0.29) is 53.5 Å². The average molecular weight is 423 g/mol. The van der Waals surface area contributed by atoms with Gasteiger partial charge in [-0.3, -0.25) is 24.6 Å². The zero-order valence-electron chi connectivity index (χ0n) is 17.2. The summed E-state index contributed by atoms with van der Waals surface area (Å²) in [6, 6.07) is 8.56. The highest BCUT2D eigenvalue weighted by Crippen LogP contribution is 2.27. The van der Waals surface area contributed by atoms with E-state index < -0.39 is 5.97 Å². The van der Waals surface area contributed by atoms with Crippen LogP contribution in [-0.2, 0) is 9.53 Å². The fraction of sp³-hybridized carbons (Fsp3) is 0.318. The molecule has 0 bridgehead atoms. The quantitative estimate of drug-likeness (QED) is 0.392. The van der Waals surface area contributed by atoms with E-state index in [4.69, 9.17) is 4.42 Å². The van der Waals surface area contributed by atoms with Crippen LogP contribution in [0.4, 0.5) is 5.88 Å². The zero-order chi connectivity index (χ0) is 22.5. The van der Waals surface area contributed by atoms with Crippen LogP contribution in [0.3, 0.4) is 0 Å². The average Bonchev–Trinajstić information content (AvgIpc) is 3.21. The van der Waals surface area contributed by atoms with E-state index in [1.165, 1.54) is 18.9 Å². The lowest BCUT2D eigenvalue weighted by Gasteiger charge is -2.13. The molecule has 2 heterocycles. The van der Waals surface area contributed by atoms with Crippen LogP contribution >= 0.6 is 0 Å². The van der Waals surface area contributed by atoms with Crippen LogP contribution in [0.1, 0.15) is 68.1 Å². The van der Waals surface area contributed by atoms with Crippen molar-refractivity contribution in [1.82, 2.24) is 4.90 Å². The molecule has 1 aromatic heterocycles. The highest BCUT2D eigenvalue weighted by Gasteiger charge is 2.34. The first-order valence-corrected chi connectivity index (χ1v) is 9.76. The molecule has 0 unspecified atom stereocenters. The van der Waals surface area contributed by atoms with Crippen LogP contribution in [0, 0.1) is 18.3 Å². The summed E-state index contributed by atoms with van der Waals surface area (Å²) in [4.78, 5) is 49.8. The third-order valence-corrected chi connectivity index (χ3v) is 5.00. The molecule has 3 rings (SSSR count). The van der Waals surface area contributed by atoms with E-state index in [0.29, 0.717) is 30.4 Å². The number of carbonyl (C=O) groups is 4. The number of esters is 1. The van der Waals surface area contributed by atoms with Crippen LogP contribution in [0.5, 0.6) is 0 Å². The van der Waals surface area contributed by atoms with Crippen LogP contribution in [0.15, 0.2) is 28.7 Å². The van der Waals surface area contributed by atoms with Crippen molar-refractivity contribution in [2.24, 2.45) is 0 Å². The van der Waals surface area contributed by atoms with Crippen LogP contribution in [-0.4, -0.2) is 42.2 Å². The summed E-state index contributed by atoms with van der Waals surface area (Å²) in [5.41, 5.74) is 0.741. The third-order valence-electron chi connectivity index (χ3n) is 5.00. The minimum atomic E-state index is -0.716. The van der Waals surface area contributed by atoms with Crippen LogP contribution < -0.4 is 5.32 Å². The maximum atomic E-state index is 12.3. The Labute approximate surface area is 178 Å². The number of nitrogens with zero attached hydrogens (tertiary/aromatic N) is 2. The minimum Gasteiger partial charge on any atom is -0.465 e. The standard InChI is InChI=1S/C22H21N3O6/c1-13-18(22(29)30-2)16(12-23)19(31-13)24-17(26)10-4-3-7-11-25-20(27)14-8-5-6-9-15(14)21(25)28/h5-6,8-9H,3-4,7,10-11H2,1-2H3,(H,24,26). The Bertz CT molecular complexity index is 1060. The molecule has 0 atom stereocenters. The molecule has 3 amide bonds. The number of nitrogens with one attached hydrogen (secondary N) is 1. The zero-order valence-corrected chi connectivity index (χ0v) is 17.2. The smallest absolute Gasteiger partial charge is 0.342 e. The summed E-state index contributed by atoms with van der Waals surface area (Å²) in [5, 5.41) is 11.8. The number of furan rings is 1. The molecule has 1 aliphatic rings. The molecule has 0 radical (unpaired) electrons. The summed E-state index contributed by atoms with van der Waals surface area (Å²) in [7, 11) is 1.19. The second-order valence-electron chi connectivity index (χ2n) is 7.01. The normalized spacial score (nSPS) is 12.5. The summed E-state index contributed by atoms with van der Waals surface area (Å²) >= 11 is 0. The molecule has 0 aliphatic carbocycles. The summed E-state index contributed by atoms with van der Waals surface area (Å²) in [6.45, 7) is 1.79. The van der Waals surface area contributed by atoms with E-state index in [1.54, 1.807) is 24.3 Å². The second kappa shape index (κ2) is 9.26. The highest BCUT2D eigenvalue weighted by atomic mass is 16.5. The number of anilines is 1. The number of methoxy groups -OCH3 is 1. The van der Waals surface area contributed by atoms with Crippen molar-refractivity contribution >= 4 is 29.6 Å². The molecule has 1 aliphatic heterocycles. The molecule has 160 valence electrons. The molecule has 31 heavy (non-hydrogen) atoms. The molecule has 0 saturated carbocycles. The maximum absolute atomic E-state index is 12.3. The first-order chi connectivity index (χ1) is 14.9. The Morgan fingerprint density at radius 1 is 1.13 bits per heavy atom. The van der Waals surface area contributed by atoms with Gasteiger partial charge in [0.05, 0.1) is 18.2 Å². The van der Waals surface area contributed by atoms with Crippen molar-refractivity contribution in [3.63, 3.8) is 0 Å². The first kappa shape index (κ1) is 21.8. The van der Waals surface area contributed by atoms with Crippen molar-refractivity contribution in [2.75, 3.05) is 19.0 Å². The van der Waals surface area contributed by atoms with Crippen molar-refractivity contribution in [3.05, 3.63) is 52.3 Å². The van der Waals surface area contributed by atoms with Crippen molar-refractivity contribution in [3.8, 4) is 6.07 Å². The number of rotatable bonds is 8. The van der Waals surface area contributed by atoms with Crippen molar-refractivity contribution in [1.29, 1.82) is 5.26 Å². The van der Waals surface area contributed by atoms with E-state index in [9.17, 15) is 24.4 Å². The molecule has 1 N–H and O–H groups in total. The first-order valence-electron chi connectivity index (χ1n) is 9.76. The number of nitriles is 1. The molecule has 0 fully saturated rings. The largest absolute Gasteiger partial charge is 0.465 e. The molecule has 0 spiro atoms. The monoisotopic (exact) mass is 423 g/mol. The second-order valence-corrected chi connectivity index (χ2v) is 7.01. The van der Waals surface area contributed by atoms with Gasteiger partial charge in [0.1, 0.15) is 23.0 Å². The number of aryl methyl sites for hydroxylation is 1. The molecular weight excluding hydrogens is 402 g/mol. The fourth-order valence-electron chi connectivity index (χ4n) is 3.45. The van der Waals surface area contributed by atoms with Gasteiger partial charge >= 0.3 is 5.97 Å². The number of amides is 3. The van der Waals surface area contributed by atoms with Crippen molar-refractivity contribution in [2.45, 2.75) is 32.6 Å². The van der Waals surface area contributed by atoms with E-state index in [1.807, 2.05) is 6.07 Å². The number of ether oxygens (including phenoxy) is 1. The Balaban J connectivity index is 1.47. The lowest BCUT2D eigenvalue weighted by molar-refractivity contribution is -0.116. The van der Waals surface area contributed by atoms with E-state index in [2.05, 4.69) is 10.1 Å². The third kappa shape index (κ3) is 4.33. The van der Waals surface area contributed by atoms with Gasteiger partial charge in [-0.1, -0.05) is 18.6 Å². The molecule has 1 aromatic carbocycles. The Morgan fingerprint density at radius 2 is 1.77 bits per heavy atom. The molecule has 0 saturated heterocycles. The van der Waals surface area contributed by atoms with Crippen LogP contribution in [0.25, 0.3) is 0 Å². The number of fused-ring (bicyclic) bond motifs is 1. The van der Waals surface area contributed by atoms with E-state index >= 15 is 0 Å². The number of imide groups is 1. The molecule has 9 heteroatoms. The Kier molecular flexibility index (Phi) is 6.50. The summed E-state index contributed by atoms with van der Waals surface area (Å²) in [6.07, 6.45) is 1.85. The van der Waals surface area contributed by atoms with Gasteiger partial charge in [-0.05, 0) is 31.9 Å². The number of hydrogen-bond donors (Lipinski definition) is 1. The number of hydrogen-bond acceptors (Lipinski definition) is 7. The van der Waals surface area contributed by atoms with Gasteiger partial charge < -0.3 is 9.15 Å². The molecule has 9 nitrogen and oxygen atoms in total. The predicted molar refractivity (Wildman–Crippen MR) is 108 cm³/mol. The van der Waals surface area contributed by atoms with E-state index in [0.717, 1.165) is 0 Å². The minimum absolute atomic E-state index is 0.0127. The number of unbranched alkanes of at least 4 members (excludes halogenated alkanes) is 2. The molecule has 2 aromatic rings. The van der Waals surface area contributed by atoms with Gasteiger partial charge in [0.2, 0.25) is 11.8 Å². The summed E-state index contributed by atoms with van der Waals surface area (Å²) in [5.74, 6) is -1.58. The van der Waals surface area contributed by atoms with Crippen molar-refractivity contribution < 1.29 is 28.3 Å². The Hall–Kier alpha value is -3.93. The van der Waals surface area contributed by atoms with Gasteiger partial charge in [-0.25, -0.2) is 4.79 Å². The Morgan fingerprint density at radius 3 is 2.35 bits per heavy atom. The predicted octanol–water partition coefficient (Wildman–Crippen LogP) is 3.04. The summed E-state index contributed by atoms with van der Waals surface area (Å²) < 4.78 is 9.98. The van der Waals surface area contributed by atoms with Gasteiger partial charge in [-0.2, -0.15) is 5.26 Å². The topological polar surface area (TPSA) is 130 Å². The van der Waals surface area contributed by atoms with Crippen LogP contribution in [0.2, 0.25) is 0 Å². The van der Waals surface area contributed by atoms with Gasteiger partial charge in [-0.15, -0.1) is 0 Å². The number of benzene rings is 1. The van der Waals surface area contributed by atoms with Gasteiger partial charge in [0.25, 0.3) is 11.8 Å². The molecular formula is C22H21N3O6. The van der Waals surface area contributed by atoms with Gasteiger partial charge in [0.15, 0.2) is 0 Å².